The van der Waals surface area contributed by atoms with Crippen molar-refractivity contribution in [2.75, 3.05) is 0 Å². The lowest BCUT2D eigenvalue weighted by Crippen LogP contribution is -2.22. The van der Waals surface area contributed by atoms with Gasteiger partial charge < -0.3 is 9.84 Å². The molecule has 15 heavy (non-hydrogen) atoms. The van der Waals surface area contributed by atoms with Gasteiger partial charge in [0, 0.05) is 5.33 Å². The van der Waals surface area contributed by atoms with Crippen LogP contribution in [0.2, 0.25) is 0 Å². The standard InChI is InChI=1S/C11H13BrO3/c1-7-3-9(6-12)5-10(4-7)15-8(2)11(13)14/h3-5,8H,6H2,1-2H3,(H,13,14). The van der Waals surface area contributed by atoms with E-state index in [1.54, 1.807) is 0 Å². The molecule has 0 aliphatic rings. The minimum atomic E-state index is -0.961. The molecule has 0 spiro atoms. The maximum absolute atomic E-state index is 10.6. The first-order valence-electron chi connectivity index (χ1n) is 4.59. The Morgan fingerprint density at radius 3 is 2.73 bits per heavy atom. The molecule has 3 nitrogen and oxygen atoms in total. The fourth-order valence-electron chi connectivity index (χ4n) is 1.22. The molecule has 0 aliphatic carbocycles. The van der Waals surface area contributed by atoms with Crippen LogP contribution in [0.4, 0.5) is 0 Å². The second-order valence-corrected chi connectivity index (χ2v) is 3.95. The first-order valence-corrected chi connectivity index (χ1v) is 5.71. The zero-order valence-electron chi connectivity index (χ0n) is 8.66. The summed E-state index contributed by atoms with van der Waals surface area (Å²) < 4.78 is 5.28. The summed E-state index contributed by atoms with van der Waals surface area (Å²) in [4.78, 5) is 10.6. The molecule has 0 radical (unpaired) electrons. The van der Waals surface area contributed by atoms with Crippen LogP contribution in [0, 0.1) is 6.92 Å². The van der Waals surface area contributed by atoms with E-state index < -0.39 is 12.1 Å². The van der Waals surface area contributed by atoms with Crippen molar-refractivity contribution in [2.24, 2.45) is 0 Å². The third-order valence-electron chi connectivity index (χ3n) is 1.93. The number of carboxylic acid groups (broad SMARTS) is 1. The number of hydrogen-bond acceptors (Lipinski definition) is 2. The number of carbonyl (C=O) groups is 1. The van der Waals surface area contributed by atoms with E-state index in [9.17, 15) is 4.79 Å². The first kappa shape index (κ1) is 12.0. The van der Waals surface area contributed by atoms with E-state index in [1.807, 2.05) is 25.1 Å². The number of carboxylic acids is 1. The molecule has 0 aromatic heterocycles. The zero-order chi connectivity index (χ0) is 11.4. The highest BCUT2D eigenvalue weighted by atomic mass is 79.9. The Morgan fingerprint density at radius 1 is 1.53 bits per heavy atom. The summed E-state index contributed by atoms with van der Waals surface area (Å²) in [5.74, 6) is -0.365. The van der Waals surface area contributed by atoms with E-state index in [0.717, 1.165) is 16.5 Å². The number of rotatable bonds is 4. The van der Waals surface area contributed by atoms with Gasteiger partial charge >= 0.3 is 5.97 Å². The molecule has 0 amide bonds. The Kier molecular flexibility index (Phi) is 4.15. The molecule has 1 rings (SSSR count). The maximum atomic E-state index is 10.6. The number of aryl methyl sites for hydroxylation is 1. The quantitative estimate of drug-likeness (QED) is 0.858. The van der Waals surface area contributed by atoms with E-state index in [4.69, 9.17) is 9.84 Å². The summed E-state index contributed by atoms with van der Waals surface area (Å²) >= 11 is 3.35. The van der Waals surface area contributed by atoms with Crippen LogP contribution in [0.5, 0.6) is 5.75 Å². The highest BCUT2D eigenvalue weighted by Crippen LogP contribution is 2.19. The van der Waals surface area contributed by atoms with Gasteiger partial charge in [-0.05, 0) is 37.1 Å². The van der Waals surface area contributed by atoms with Crippen molar-refractivity contribution < 1.29 is 14.6 Å². The Balaban J connectivity index is 2.85. The topological polar surface area (TPSA) is 46.5 Å². The molecule has 0 bridgehead atoms. The van der Waals surface area contributed by atoms with Crippen LogP contribution in [-0.4, -0.2) is 17.2 Å². The number of halogens is 1. The molecule has 0 fully saturated rings. The Labute approximate surface area is 97.2 Å². The summed E-state index contributed by atoms with van der Waals surface area (Å²) in [6.45, 7) is 3.46. The predicted octanol–water partition coefficient (Wildman–Crippen LogP) is 2.74. The van der Waals surface area contributed by atoms with E-state index >= 15 is 0 Å². The number of hydrogen-bond donors (Lipinski definition) is 1. The van der Waals surface area contributed by atoms with Crippen molar-refractivity contribution >= 4 is 21.9 Å². The minimum absolute atomic E-state index is 0.597. The van der Waals surface area contributed by atoms with Crippen LogP contribution >= 0.6 is 15.9 Å². The lowest BCUT2D eigenvalue weighted by atomic mass is 10.1. The Bertz CT molecular complexity index is 363. The molecule has 1 N–H and O–H groups in total. The monoisotopic (exact) mass is 272 g/mol. The van der Waals surface area contributed by atoms with Gasteiger partial charge in [-0.2, -0.15) is 0 Å². The zero-order valence-corrected chi connectivity index (χ0v) is 10.2. The average molecular weight is 273 g/mol. The van der Waals surface area contributed by atoms with Crippen LogP contribution in [0.3, 0.4) is 0 Å². The van der Waals surface area contributed by atoms with Crippen molar-refractivity contribution in [3.05, 3.63) is 29.3 Å². The second kappa shape index (κ2) is 5.16. The van der Waals surface area contributed by atoms with Gasteiger partial charge in [-0.3, -0.25) is 0 Å². The van der Waals surface area contributed by atoms with Crippen molar-refractivity contribution in [3.8, 4) is 5.75 Å². The van der Waals surface area contributed by atoms with Gasteiger partial charge in [0.1, 0.15) is 5.75 Å². The fraction of sp³-hybridized carbons (Fsp3) is 0.364. The molecular weight excluding hydrogens is 260 g/mol. The van der Waals surface area contributed by atoms with E-state index in [-0.39, 0.29) is 0 Å². The normalized spacial score (nSPS) is 12.2. The largest absolute Gasteiger partial charge is 0.479 e. The molecule has 1 unspecified atom stereocenters. The molecule has 0 aliphatic heterocycles. The lowest BCUT2D eigenvalue weighted by Gasteiger charge is -2.11. The maximum Gasteiger partial charge on any atom is 0.344 e. The van der Waals surface area contributed by atoms with Gasteiger partial charge in [0.05, 0.1) is 0 Å². The Hall–Kier alpha value is -1.03. The molecule has 0 saturated heterocycles. The molecule has 1 aromatic carbocycles. The van der Waals surface area contributed by atoms with Crippen molar-refractivity contribution in [1.82, 2.24) is 0 Å². The molecule has 0 heterocycles. The van der Waals surface area contributed by atoms with Gasteiger partial charge in [-0.1, -0.05) is 22.0 Å². The van der Waals surface area contributed by atoms with Crippen LogP contribution in [0.1, 0.15) is 18.1 Å². The average Bonchev–Trinajstić information content (AvgIpc) is 2.16. The van der Waals surface area contributed by atoms with Crippen molar-refractivity contribution in [2.45, 2.75) is 25.3 Å². The molecular formula is C11H13BrO3. The van der Waals surface area contributed by atoms with Crippen LogP contribution in [0.25, 0.3) is 0 Å². The summed E-state index contributed by atoms with van der Waals surface area (Å²) in [5, 5.41) is 9.43. The van der Waals surface area contributed by atoms with Crippen molar-refractivity contribution in [3.63, 3.8) is 0 Å². The lowest BCUT2D eigenvalue weighted by molar-refractivity contribution is -0.144. The van der Waals surface area contributed by atoms with Crippen LogP contribution < -0.4 is 4.74 Å². The number of alkyl halides is 1. The van der Waals surface area contributed by atoms with Crippen LogP contribution in [-0.2, 0) is 10.1 Å². The van der Waals surface area contributed by atoms with E-state index in [2.05, 4.69) is 15.9 Å². The third-order valence-corrected chi connectivity index (χ3v) is 2.57. The summed E-state index contributed by atoms with van der Waals surface area (Å²) in [6.07, 6.45) is -0.824. The molecule has 1 atom stereocenters. The SMILES string of the molecule is Cc1cc(CBr)cc(OC(C)C(=O)O)c1. The Morgan fingerprint density at radius 2 is 2.20 bits per heavy atom. The van der Waals surface area contributed by atoms with Gasteiger partial charge in [-0.25, -0.2) is 4.79 Å². The second-order valence-electron chi connectivity index (χ2n) is 3.39. The van der Waals surface area contributed by atoms with Crippen LogP contribution in [0.15, 0.2) is 18.2 Å². The smallest absolute Gasteiger partial charge is 0.344 e. The minimum Gasteiger partial charge on any atom is -0.479 e. The van der Waals surface area contributed by atoms with Gasteiger partial charge in [0.15, 0.2) is 6.10 Å². The molecule has 1 aromatic rings. The summed E-state index contributed by atoms with van der Waals surface area (Å²) in [7, 11) is 0. The predicted molar refractivity (Wildman–Crippen MR) is 61.5 cm³/mol. The fourth-order valence-corrected chi connectivity index (χ4v) is 1.55. The highest BCUT2D eigenvalue weighted by molar-refractivity contribution is 9.08. The van der Waals surface area contributed by atoms with Gasteiger partial charge in [0.2, 0.25) is 0 Å². The number of benzene rings is 1. The molecule has 0 saturated carbocycles. The molecule has 4 heteroatoms. The summed E-state index contributed by atoms with van der Waals surface area (Å²) in [5.41, 5.74) is 2.13. The number of ether oxygens (including phenoxy) is 1. The third kappa shape index (κ3) is 3.55. The van der Waals surface area contributed by atoms with Gasteiger partial charge in [-0.15, -0.1) is 0 Å². The van der Waals surface area contributed by atoms with Gasteiger partial charge in [0.25, 0.3) is 0 Å². The van der Waals surface area contributed by atoms with E-state index in [0.29, 0.717) is 5.75 Å². The van der Waals surface area contributed by atoms with E-state index in [1.165, 1.54) is 6.92 Å². The summed E-state index contributed by atoms with van der Waals surface area (Å²) in [6, 6.07) is 5.68. The van der Waals surface area contributed by atoms with Crippen molar-refractivity contribution in [1.29, 1.82) is 0 Å². The molecule has 82 valence electrons. The highest BCUT2D eigenvalue weighted by Gasteiger charge is 2.12. The first-order chi connectivity index (χ1) is 7.02. The number of aliphatic carboxylic acids is 1.